The van der Waals surface area contributed by atoms with Crippen molar-refractivity contribution in [1.29, 1.82) is 0 Å². The Morgan fingerprint density at radius 3 is 2.42 bits per heavy atom. The van der Waals surface area contributed by atoms with Crippen LogP contribution in [0.2, 0.25) is 0 Å². The molecule has 3 rings (SSSR count). The van der Waals surface area contributed by atoms with Crippen LogP contribution in [0.25, 0.3) is 0 Å². The summed E-state index contributed by atoms with van der Waals surface area (Å²) in [5.74, 6) is -2.18. The van der Waals surface area contributed by atoms with Crippen LogP contribution >= 0.6 is 0 Å². The van der Waals surface area contributed by atoms with Gasteiger partial charge in [0.2, 0.25) is 0 Å². The van der Waals surface area contributed by atoms with Gasteiger partial charge in [-0.25, -0.2) is 17.2 Å². The second-order valence-corrected chi connectivity index (χ2v) is 7.40. The van der Waals surface area contributed by atoms with Gasteiger partial charge in [0.25, 0.3) is 15.9 Å². The predicted molar refractivity (Wildman–Crippen MR) is 91.2 cm³/mol. The Morgan fingerprint density at radius 2 is 1.77 bits per heavy atom. The van der Waals surface area contributed by atoms with E-state index >= 15 is 0 Å². The lowest BCUT2D eigenvalue weighted by molar-refractivity contribution is -0.124. The molecule has 2 N–H and O–H groups in total. The van der Waals surface area contributed by atoms with Crippen molar-refractivity contribution in [3.8, 4) is 0 Å². The molecule has 138 valence electrons. The van der Waals surface area contributed by atoms with Crippen LogP contribution in [-0.2, 0) is 19.6 Å². The number of sulfonamides is 1. The van der Waals surface area contributed by atoms with Crippen LogP contribution in [0, 0.1) is 11.6 Å². The molecule has 9 heteroatoms. The predicted octanol–water partition coefficient (Wildman–Crippen LogP) is 2.88. The van der Waals surface area contributed by atoms with Gasteiger partial charge in [0.15, 0.2) is 0 Å². The van der Waals surface area contributed by atoms with Crippen molar-refractivity contribution >= 4 is 27.3 Å². The molecule has 0 aromatic heterocycles. The number of carbonyl (C=O) groups excluding carboxylic acids is 1. The second-order valence-electron chi connectivity index (χ2n) is 5.75. The molecule has 0 saturated carbocycles. The number of carbonyl (C=O) groups is 1. The number of amides is 1. The van der Waals surface area contributed by atoms with Gasteiger partial charge in [-0.3, -0.25) is 9.52 Å². The fraction of sp³-hybridized carbons (Fsp3) is 0.235. The number of halogens is 2. The molecule has 1 heterocycles. The molecular weight excluding hydrogens is 366 g/mol. The van der Waals surface area contributed by atoms with E-state index in [-0.39, 0.29) is 11.6 Å². The van der Waals surface area contributed by atoms with Crippen LogP contribution in [0.1, 0.15) is 12.8 Å². The van der Waals surface area contributed by atoms with Gasteiger partial charge in [0.05, 0.1) is 0 Å². The highest BCUT2D eigenvalue weighted by Crippen LogP contribution is 2.22. The molecule has 1 fully saturated rings. The van der Waals surface area contributed by atoms with Gasteiger partial charge in [-0.2, -0.15) is 0 Å². The van der Waals surface area contributed by atoms with E-state index in [1.165, 1.54) is 24.3 Å². The summed E-state index contributed by atoms with van der Waals surface area (Å²) in [6.45, 7) is 0.551. The standard InChI is InChI=1S/C17H16F2N2O4S/c18-11-3-8-14(19)16(10-11)26(23,24)21-13-6-4-12(5-7-13)20-17(22)15-2-1-9-25-15/h3-8,10,15,21H,1-2,9H2,(H,20,22)/t15-/m0/s1. The first-order valence-electron chi connectivity index (χ1n) is 7.85. The molecule has 1 amide bonds. The summed E-state index contributed by atoms with van der Waals surface area (Å²) >= 11 is 0. The minimum absolute atomic E-state index is 0.142. The molecular formula is C17H16F2N2O4S. The van der Waals surface area contributed by atoms with E-state index in [0.717, 1.165) is 18.6 Å². The number of anilines is 2. The molecule has 0 radical (unpaired) electrons. The summed E-state index contributed by atoms with van der Waals surface area (Å²) in [6.07, 6.45) is 1.00. The number of hydrogen-bond donors (Lipinski definition) is 2. The zero-order valence-electron chi connectivity index (χ0n) is 13.5. The zero-order valence-corrected chi connectivity index (χ0v) is 14.4. The number of rotatable bonds is 5. The van der Waals surface area contributed by atoms with Gasteiger partial charge in [0.1, 0.15) is 22.6 Å². The highest BCUT2D eigenvalue weighted by molar-refractivity contribution is 7.92. The molecule has 0 unspecified atom stereocenters. The van der Waals surface area contributed by atoms with E-state index in [1.54, 1.807) is 0 Å². The van der Waals surface area contributed by atoms with Crippen molar-refractivity contribution in [1.82, 2.24) is 0 Å². The van der Waals surface area contributed by atoms with Crippen LogP contribution in [0.4, 0.5) is 20.2 Å². The van der Waals surface area contributed by atoms with Crippen molar-refractivity contribution < 1.29 is 26.7 Å². The SMILES string of the molecule is O=C(Nc1ccc(NS(=O)(=O)c2cc(F)ccc2F)cc1)[C@@H]1CCCO1. The van der Waals surface area contributed by atoms with Gasteiger partial charge < -0.3 is 10.1 Å². The van der Waals surface area contributed by atoms with Crippen molar-refractivity contribution in [2.75, 3.05) is 16.6 Å². The molecule has 2 aromatic rings. The Balaban J connectivity index is 1.70. The molecule has 0 bridgehead atoms. The van der Waals surface area contributed by atoms with E-state index in [2.05, 4.69) is 10.0 Å². The maximum atomic E-state index is 13.7. The average molecular weight is 382 g/mol. The van der Waals surface area contributed by atoms with Crippen molar-refractivity contribution in [2.45, 2.75) is 23.8 Å². The van der Waals surface area contributed by atoms with Crippen molar-refractivity contribution in [2.24, 2.45) is 0 Å². The molecule has 0 spiro atoms. The van der Waals surface area contributed by atoms with Crippen LogP contribution in [-0.4, -0.2) is 27.0 Å². The van der Waals surface area contributed by atoms with E-state index < -0.39 is 32.7 Å². The number of hydrogen-bond acceptors (Lipinski definition) is 4. The first-order chi connectivity index (χ1) is 12.3. The van der Waals surface area contributed by atoms with Crippen LogP contribution in [0.15, 0.2) is 47.4 Å². The smallest absolute Gasteiger partial charge is 0.264 e. The van der Waals surface area contributed by atoms with Gasteiger partial charge in [-0.05, 0) is 55.3 Å². The maximum Gasteiger partial charge on any atom is 0.264 e. The molecule has 0 aliphatic carbocycles. The monoisotopic (exact) mass is 382 g/mol. The summed E-state index contributed by atoms with van der Waals surface area (Å²) in [6, 6.07) is 7.97. The number of nitrogens with one attached hydrogen (secondary N) is 2. The normalized spacial score (nSPS) is 17.1. The summed E-state index contributed by atoms with van der Waals surface area (Å²) in [4.78, 5) is 11.2. The molecule has 6 nitrogen and oxygen atoms in total. The fourth-order valence-corrected chi connectivity index (χ4v) is 3.67. The Labute approximate surface area is 149 Å². The van der Waals surface area contributed by atoms with E-state index in [0.29, 0.717) is 24.8 Å². The quantitative estimate of drug-likeness (QED) is 0.833. The first kappa shape index (κ1) is 18.3. The average Bonchev–Trinajstić information content (AvgIpc) is 3.13. The van der Waals surface area contributed by atoms with Crippen molar-refractivity contribution in [3.05, 3.63) is 54.1 Å². The Kier molecular flexibility index (Phi) is 5.19. The highest BCUT2D eigenvalue weighted by atomic mass is 32.2. The second kappa shape index (κ2) is 7.38. The Hall–Kier alpha value is -2.52. The van der Waals surface area contributed by atoms with Gasteiger partial charge in [0, 0.05) is 18.0 Å². The Bertz CT molecular complexity index is 911. The first-order valence-corrected chi connectivity index (χ1v) is 9.34. The molecule has 1 aliphatic rings. The summed E-state index contributed by atoms with van der Waals surface area (Å²) in [5, 5.41) is 2.67. The third-order valence-corrected chi connectivity index (χ3v) is 5.21. The topological polar surface area (TPSA) is 84.5 Å². The minimum atomic E-state index is -4.29. The van der Waals surface area contributed by atoms with Crippen molar-refractivity contribution in [3.63, 3.8) is 0 Å². The highest BCUT2D eigenvalue weighted by Gasteiger charge is 2.24. The molecule has 1 atom stereocenters. The van der Waals surface area contributed by atoms with E-state index in [9.17, 15) is 22.0 Å². The van der Waals surface area contributed by atoms with E-state index in [4.69, 9.17) is 4.74 Å². The van der Waals surface area contributed by atoms with Crippen LogP contribution in [0.5, 0.6) is 0 Å². The maximum absolute atomic E-state index is 13.7. The lowest BCUT2D eigenvalue weighted by atomic mass is 10.2. The van der Waals surface area contributed by atoms with Gasteiger partial charge >= 0.3 is 0 Å². The minimum Gasteiger partial charge on any atom is -0.368 e. The summed E-state index contributed by atoms with van der Waals surface area (Å²) < 4.78 is 58.7. The molecule has 2 aromatic carbocycles. The lowest BCUT2D eigenvalue weighted by Gasteiger charge is -2.12. The summed E-state index contributed by atoms with van der Waals surface area (Å²) in [5.41, 5.74) is 0.606. The molecule has 1 aliphatic heterocycles. The number of benzene rings is 2. The zero-order chi connectivity index (χ0) is 18.7. The van der Waals surface area contributed by atoms with Gasteiger partial charge in [-0.15, -0.1) is 0 Å². The lowest BCUT2D eigenvalue weighted by Crippen LogP contribution is -2.26. The van der Waals surface area contributed by atoms with Crippen LogP contribution < -0.4 is 10.0 Å². The fourth-order valence-electron chi connectivity index (χ4n) is 2.52. The van der Waals surface area contributed by atoms with E-state index in [1.807, 2.05) is 0 Å². The third kappa shape index (κ3) is 4.17. The third-order valence-electron chi connectivity index (χ3n) is 3.81. The summed E-state index contributed by atoms with van der Waals surface area (Å²) in [7, 11) is -4.29. The van der Waals surface area contributed by atoms with Crippen LogP contribution in [0.3, 0.4) is 0 Å². The molecule has 26 heavy (non-hydrogen) atoms. The Morgan fingerprint density at radius 1 is 1.08 bits per heavy atom. The number of ether oxygens (including phenoxy) is 1. The molecule has 1 saturated heterocycles. The van der Waals surface area contributed by atoms with Gasteiger partial charge in [-0.1, -0.05) is 0 Å². The largest absolute Gasteiger partial charge is 0.368 e.